The lowest BCUT2D eigenvalue weighted by Gasteiger charge is -1.87. The van der Waals surface area contributed by atoms with Gasteiger partial charge in [-0.05, 0) is 25.7 Å². The van der Waals surface area contributed by atoms with Crippen molar-refractivity contribution in [3.8, 4) is 0 Å². The van der Waals surface area contributed by atoms with E-state index in [1.165, 1.54) is 0 Å². The summed E-state index contributed by atoms with van der Waals surface area (Å²) < 4.78 is 0. The minimum Gasteiger partial charge on any atom is -0.0879 e. The molecule has 1 aliphatic carbocycles. The molecule has 0 aromatic rings. The van der Waals surface area contributed by atoms with Crippen molar-refractivity contribution in [2.24, 2.45) is 0 Å². The summed E-state index contributed by atoms with van der Waals surface area (Å²) in [5, 5.41) is 0. The van der Waals surface area contributed by atoms with Crippen molar-refractivity contribution in [2.75, 3.05) is 0 Å². The Morgan fingerprint density at radius 2 is 1.00 bits per heavy atom. The van der Waals surface area contributed by atoms with Gasteiger partial charge in [-0.2, -0.15) is 0 Å². The fourth-order valence-corrected chi connectivity index (χ4v) is 1.22. The summed E-state index contributed by atoms with van der Waals surface area (Å²) in [7, 11) is 0. The Kier molecular flexibility index (Phi) is 6.39. The second kappa shape index (κ2) is 8.31. The monoisotopic (exact) mass is 186 g/mol. The number of hydrogen-bond donors (Lipinski definition) is 0. The summed E-state index contributed by atoms with van der Waals surface area (Å²) in [6.45, 7) is 0. The van der Waals surface area contributed by atoms with E-state index in [4.69, 9.17) is 0 Å². The van der Waals surface area contributed by atoms with E-state index in [9.17, 15) is 0 Å². The summed E-state index contributed by atoms with van der Waals surface area (Å²) >= 11 is 0. The van der Waals surface area contributed by atoms with Crippen molar-refractivity contribution in [1.29, 1.82) is 0 Å². The highest BCUT2D eigenvalue weighted by Crippen LogP contribution is 1.97. The van der Waals surface area contributed by atoms with Gasteiger partial charge in [-0.1, -0.05) is 60.8 Å². The van der Waals surface area contributed by atoms with Crippen LogP contribution in [0.25, 0.3) is 0 Å². The van der Waals surface area contributed by atoms with Crippen molar-refractivity contribution >= 4 is 0 Å². The maximum Gasteiger partial charge on any atom is -0.0166 e. The Bertz CT molecular complexity index is 262. The fourth-order valence-electron chi connectivity index (χ4n) is 1.22. The van der Waals surface area contributed by atoms with Crippen molar-refractivity contribution in [2.45, 2.75) is 25.7 Å². The third kappa shape index (κ3) is 6.24. The van der Waals surface area contributed by atoms with Crippen molar-refractivity contribution < 1.29 is 0 Å². The van der Waals surface area contributed by atoms with Gasteiger partial charge in [0.2, 0.25) is 0 Å². The average molecular weight is 186 g/mol. The van der Waals surface area contributed by atoms with Crippen LogP contribution in [0, 0.1) is 0 Å². The lowest BCUT2D eigenvalue weighted by molar-refractivity contribution is 1.04. The van der Waals surface area contributed by atoms with Gasteiger partial charge in [-0.25, -0.2) is 0 Å². The molecule has 0 atom stereocenters. The third-order valence-corrected chi connectivity index (χ3v) is 1.98. The summed E-state index contributed by atoms with van der Waals surface area (Å²) in [4.78, 5) is 0. The van der Waals surface area contributed by atoms with E-state index < -0.39 is 0 Å². The zero-order valence-electron chi connectivity index (χ0n) is 8.60. The quantitative estimate of drug-likeness (QED) is 0.494. The Morgan fingerprint density at radius 3 is 1.86 bits per heavy atom. The summed E-state index contributed by atoms with van der Waals surface area (Å²) in [5.41, 5.74) is 0. The average Bonchev–Trinajstić information content (AvgIpc) is 2.22. The van der Waals surface area contributed by atoms with Gasteiger partial charge in [0.15, 0.2) is 0 Å². The highest BCUT2D eigenvalue weighted by Gasteiger charge is 1.77. The second-order valence-electron chi connectivity index (χ2n) is 3.23. The van der Waals surface area contributed by atoms with Crippen LogP contribution in [0.4, 0.5) is 0 Å². The van der Waals surface area contributed by atoms with Gasteiger partial charge in [0, 0.05) is 0 Å². The molecule has 0 saturated heterocycles. The van der Waals surface area contributed by atoms with Gasteiger partial charge >= 0.3 is 0 Å². The van der Waals surface area contributed by atoms with Crippen LogP contribution < -0.4 is 0 Å². The van der Waals surface area contributed by atoms with Gasteiger partial charge in [-0.15, -0.1) is 0 Å². The van der Waals surface area contributed by atoms with Crippen LogP contribution in [0.1, 0.15) is 25.7 Å². The van der Waals surface area contributed by atoms with Crippen LogP contribution in [0.15, 0.2) is 60.8 Å². The molecule has 0 radical (unpaired) electrons. The Balaban J connectivity index is 2.45. The van der Waals surface area contributed by atoms with E-state index in [1.54, 1.807) is 0 Å². The molecule has 0 heterocycles. The molecule has 0 heteroatoms. The van der Waals surface area contributed by atoms with Crippen LogP contribution in [0.2, 0.25) is 0 Å². The van der Waals surface area contributed by atoms with Crippen LogP contribution in [-0.4, -0.2) is 0 Å². The Morgan fingerprint density at radius 1 is 0.429 bits per heavy atom. The molecule has 0 aromatic heterocycles. The number of hydrogen-bond acceptors (Lipinski definition) is 0. The van der Waals surface area contributed by atoms with Gasteiger partial charge in [0.05, 0.1) is 0 Å². The fraction of sp³-hybridized carbons (Fsp3) is 0.286. The molecule has 74 valence electrons. The first-order valence-corrected chi connectivity index (χ1v) is 5.28. The van der Waals surface area contributed by atoms with E-state index in [1.807, 2.05) is 0 Å². The first-order chi connectivity index (χ1) is 7.00. The maximum atomic E-state index is 2.25. The largest absolute Gasteiger partial charge is 0.0879 e. The molecule has 1 rings (SSSR count). The molecule has 0 aromatic carbocycles. The van der Waals surface area contributed by atoms with Crippen LogP contribution >= 0.6 is 0 Å². The second-order valence-corrected chi connectivity index (χ2v) is 3.23. The summed E-state index contributed by atoms with van der Waals surface area (Å²) in [6.07, 6.45) is 26.0. The molecule has 0 aliphatic heterocycles. The third-order valence-electron chi connectivity index (χ3n) is 1.98. The summed E-state index contributed by atoms with van der Waals surface area (Å²) in [6, 6.07) is 0. The molecule has 0 unspecified atom stereocenters. The Labute approximate surface area is 87.0 Å². The van der Waals surface area contributed by atoms with Gasteiger partial charge < -0.3 is 0 Å². The molecule has 0 bridgehead atoms. The van der Waals surface area contributed by atoms with E-state index in [0.29, 0.717) is 0 Å². The molecular weight excluding hydrogens is 168 g/mol. The molecule has 0 N–H and O–H groups in total. The predicted molar refractivity (Wildman–Crippen MR) is 64.2 cm³/mol. The van der Waals surface area contributed by atoms with E-state index in [2.05, 4.69) is 60.8 Å². The van der Waals surface area contributed by atoms with E-state index in [-0.39, 0.29) is 0 Å². The summed E-state index contributed by atoms with van der Waals surface area (Å²) in [5.74, 6) is 0. The molecule has 0 fully saturated rings. The lowest BCUT2D eigenvalue weighted by atomic mass is 10.2. The van der Waals surface area contributed by atoms with Crippen molar-refractivity contribution in [3.05, 3.63) is 60.8 Å². The number of allylic oxidation sites excluding steroid dienone is 10. The standard InChI is InChI=1S/C14H18/c1-2-4-6-8-10-12-14-13-11-9-7-5-3-1/h1-6,9,11-12,14H,7-8,10,13H2/b2-1-,5-3+,6-4+,11-9+,14-12?. The maximum absolute atomic E-state index is 2.25. The van der Waals surface area contributed by atoms with Crippen LogP contribution in [-0.2, 0) is 0 Å². The number of rotatable bonds is 0. The zero-order chi connectivity index (χ0) is 9.90. The van der Waals surface area contributed by atoms with Crippen LogP contribution in [0.3, 0.4) is 0 Å². The van der Waals surface area contributed by atoms with Crippen molar-refractivity contribution in [3.63, 3.8) is 0 Å². The first kappa shape index (κ1) is 10.8. The first-order valence-electron chi connectivity index (χ1n) is 5.28. The minimum absolute atomic E-state index is 1.03. The molecule has 0 saturated carbocycles. The zero-order valence-corrected chi connectivity index (χ0v) is 8.60. The molecule has 0 nitrogen and oxygen atoms in total. The van der Waals surface area contributed by atoms with Gasteiger partial charge in [-0.3, -0.25) is 0 Å². The molecule has 14 heavy (non-hydrogen) atoms. The lowest BCUT2D eigenvalue weighted by Crippen LogP contribution is -1.66. The molecule has 0 spiro atoms. The molecular formula is C14H18. The smallest absolute Gasteiger partial charge is 0.0166 e. The predicted octanol–water partition coefficient (Wildman–Crippen LogP) is 4.34. The van der Waals surface area contributed by atoms with Crippen LogP contribution in [0.5, 0.6) is 0 Å². The molecule has 0 amide bonds. The topological polar surface area (TPSA) is 0 Å². The van der Waals surface area contributed by atoms with E-state index in [0.717, 1.165) is 25.7 Å². The van der Waals surface area contributed by atoms with Gasteiger partial charge in [0.25, 0.3) is 0 Å². The Hall–Kier alpha value is -1.30. The van der Waals surface area contributed by atoms with Crippen molar-refractivity contribution in [1.82, 2.24) is 0 Å². The van der Waals surface area contributed by atoms with Gasteiger partial charge in [0.1, 0.15) is 0 Å². The minimum atomic E-state index is 1.03. The van der Waals surface area contributed by atoms with E-state index >= 15 is 0 Å². The highest BCUT2D eigenvalue weighted by atomic mass is 13.8. The molecule has 1 aliphatic rings. The SMILES string of the molecule is C1=CCC/C=C/C=C\C=C\C/C=C/C1. The highest BCUT2D eigenvalue weighted by molar-refractivity contribution is 5.12. The normalized spacial score (nSPS) is 27.4.